The molecule has 2 rings (SSSR count). The van der Waals surface area contributed by atoms with Gasteiger partial charge in [0.05, 0.1) is 0 Å². The fourth-order valence-corrected chi connectivity index (χ4v) is 1.15. The molecular weight excluding hydrogens is 139 g/mol. The van der Waals surface area contributed by atoms with Crippen molar-refractivity contribution in [3.05, 3.63) is 42.1 Å². The minimum Gasteiger partial charge on any atom is -0.207 e. The van der Waals surface area contributed by atoms with E-state index in [1.54, 1.807) is 12.1 Å². The Balaban J connectivity index is 2.10. The molecule has 0 aliphatic heterocycles. The Morgan fingerprint density at radius 1 is 1.36 bits per heavy atom. The van der Waals surface area contributed by atoms with Crippen LogP contribution in [0.4, 0.5) is 4.39 Å². The van der Waals surface area contributed by atoms with Crippen LogP contribution in [0.15, 0.2) is 24.3 Å². The van der Waals surface area contributed by atoms with E-state index in [1.807, 2.05) is 6.07 Å². The maximum Gasteiger partial charge on any atom is 0.123 e. The normalized spacial score (nSPS) is 16.8. The van der Waals surface area contributed by atoms with Crippen LogP contribution >= 0.6 is 0 Å². The van der Waals surface area contributed by atoms with Gasteiger partial charge in [-0.1, -0.05) is 12.1 Å². The molecule has 0 bridgehead atoms. The molecule has 11 heavy (non-hydrogen) atoms. The molecule has 1 aliphatic carbocycles. The summed E-state index contributed by atoms with van der Waals surface area (Å²) in [7, 11) is 0. The van der Waals surface area contributed by atoms with Crippen LogP contribution in [-0.2, 0) is 0 Å². The molecule has 0 nitrogen and oxygen atoms in total. The SMILES string of the molecule is Fc1cccc([CH]C2CC2)c1. The molecule has 1 aromatic carbocycles. The second-order valence-electron chi connectivity index (χ2n) is 3.06. The van der Waals surface area contributed by atoms with E-state index in [-0.39, 0.29) is 5.82 Å². The molecule has 1 fully saturated rings. The number of rotatable bonds is 2. The molecule has 0 unspecified atom stereocenters. The summed E-state index contributed by atoms with van der Waals surface area (Å²) in [4.78, 5) is 0. The lowest BCUT2D eigenvalue weighted by atomic mass is 10.1. The van der Waals surface area contributed by atoms with Crippen LogP contribution in [0.1, 0.15) is 18.4 Å². The quantitative estimate of drug-likeness (QED) is 0.606. The van der Waals surface area contributed by atoms with Gasteiger partial charge in [-0.25, -0.2) is 4.39 Å². The topological polar surface area (TPSA) is 0 Å². The van der Waals surface area contributed by atoms with Gasteiger partial charge in [-0.05, 0) is 42.9 Å². The Labute approximate surface area is 66.1 Å². The predicted molar refractivity (Wildman–Crippen MR) is 42.5 cm³/mol. The first-order chi connectivity index (χ1) is 5.34. The van der Waals surface area contributed by atoms with Crippen molar-refractivity contribution in [3.8, 4) is 0 Å². The fraction of sp³-hybridized carbons (Fsp3) is 0.300. The molecule has 0 atom stereocenters. The number of hydrogen-bond donors (Lipinski definition) is 0. The highest BCUT2D eigenvalue weighted by Gasteiger charge is 2.21. The smallest absolute Gasteiger partial charge is 0.123 e. The Morgan fingerprint density at radius 2 is 2.18 bits per heavy atom. The van der Waals surface area contributed by atoms with Crippen molar-refractivity contribution in [2.24, 2.45) is 5.92 Å². The molecule has 1 heteroatoms. The van der Waals surface area contributed by atoms with Crippen LogP contribution in [0, 0.1) is 18.2 Å². The fourth-order valence-electron chi connectivity index (χ4n) is 1.15. The summed E-state index contributed by atoms with van der Waals surface area (Å²) in [6.07, 6.45) is 4.69. The predicted octanol–water partition coefficient (Wildman–Crippen LogP) is 2.79. The zero-order chi connectivity index (χ0) is 7.68. The van der Waals surface area contributed by atoms with Crippen LogP contribution in [0.5, 0.6) is 0 Å². The van der Waals surface area contributed by atoms with Gasteiger partial charge in [-0.2, -0.15) is 0 Å². The van der Waals surface area contributed by atoms with E-state index in [4.69, 9.17) is 0 Å². The van der Waals surface area contributed by atoms with Crippen LogP contribution in [0.2, 0.25) is 0 Å². The molecule has 0 N–H and O–H groups in total. The molecular formula is C10H10F. The van der Waals surface area contributed by atoms with E-state index in [0.717, 1.165) is 11.5 Å². The highest BCUT2D eigenvalue weighted by Crippen LogP contribution is 2.34. The molecule has 1 aliphatic rings. The molecule has 0 amide bonds. The molecule has 1 aromatic rings. The van der Waals surface area contributed by atoms with Gasteiger partial charge >= 0.3 is 0 Å². The third-order valence-electron chi connectivity index (χ3n) is 1.90. The summed E-state index contributed by atoms with van der Waals surface area (Å²) < 4.78 is 12.6. The van der Waals surface area contributed by atoms with E-state index in [9.17, 15) is 4.39 Å². The summed E-state index contributed by atoms with van der Waals surface area (Å²) in [6.45, 7) is 0. The van der Waals surface area contributed by atoms with Crippen molar-refractivity contribution < 1.29 is 4.39 Å². The molecule has 0 saturated heterocycles. The van der Waals surface area contributed by atoms with Crippen molar-refractivity contribution in [1.82, 2.24) is 0 Å². The average molecular weight is 149 g/mol. The first-order valence-corrected chi connectivity index (χ1v) is 3.95. The largest absolute Gasteiger partial charge is 0.207 e. The number of halogens is 1. The molecule has 57 valence electrons. The van der Waals surface area contributed by atoms with Gasteiger partial charge in [0.1, 0.15) is 5.82 Å². The van der Waals surface area contributed by atoms with Crippen LogP contribution in [0.3, 0.4) is 0 Å². The highest BCUT2D eigenvalue weighted by molar-refractivity contribution is 5.25. The Morgan fingerprint density at radius 3 is 2.82 bits per heavy atom. The molecule has 0 spiro atoms. The van der Waals surface area contributed by atoms with Gasteiger partial charge in [0.2, 0.25) is 0 Å². The summed E-state index contributed by atoms with van der Waals surface area (Å²) >= 11 is 0. The maximum absolute atomic E-state index is 12.6. The van der Waals surface area contributed by atoms with Crippen LogP contribution in [0.25, 0.3) is 0 Å². The maximum atomic E-state index is 12.6. The van der Waals surface area contributed by atoms with Gasteiger partial charge in [0, 0.05) is 0 Å². The van der Waals surface area contributed by atoms with Crippen molar-refractivity contribution in [2.45, 2.75) is 12.8 Å². The second kappa shape index (κ2) is 2.65. The summed E-state index contributed by atoms with van der Waals surface area (Å²) in [5.41, 5.74) is 1.02. The third-order valence-corrected chi connectivity index (χ3v) is 1.90. The van der Waals surface area contributed by atoms with E-state index in [1.165, 1.54) is 18.9 Å². The van der Waals surface area contributed by atoms with Crippen molar-refractivity contribution >= 4 is 0 Å². The minimum atomic E-state index is -0.139. The van der Waals surface area contributed by atoms with Crippen LogP contribution in [-0.4, -0.2) is 0 Å². The molecule has 0 aromatic heterocycles. The first-order valence-electron chi connectivity index (χ1n) is 3.95. The zero-order valence-corrected chi connectivity index (χ0v) is 6.26. The molecule has 1 radical (unpaired) electrons. The Hall–Kier alpha value is -0.850. The van der Waals surface area contributed by atoms with Crippen LogP contribution < -0.4 is 0 Å². The zero-order valence-electron chi connectivity index (χ0n) is 6.26. The lowest BCUT2D eigenvalue weighted by Gasteiger charge is -1.96. The van der Waals surface area contributed by atoms with Gasteiger partial charge in [-0.3, -0.25) is 0 Å². The molecule has 0 heterocycles. The lowest BCUT2D eigenvalue weighted by molar-refractivity contribution is 0.626. The Bertz CT molecular complexity index is 251. The third kappa shape index (κ3) is 1.79. The Kier molecular flexibility index (Phi) is 1.65. The summed E-state index contributed by atoms with van der Waals surface area (Å²) in [5.74, 6) is 0.580. The van der Waals surface area contributed by atoms with E-state index < -0.39 is 0 Å². The van der Waals surface area contributed by atoms with Crippen molar-refractivity contribution in [3.63, 3.8) is 0 Å². The van der Waals surface area contributed by atoms with E-state index in [0.29, 0.717) is 0 Å². The van der Waals surface area contributed by atoms with Gasteiger partial charge in [0.15, 0.2) is 0 Å². The average Bonchev–Trinajstić information content (AvgIpc) is 2.71. The monoisotopic (exact) mass is 149 g/mol. The van der Waals surface area contributed by atoms with Crippen molar-refractivity contribution in [1.29, 1.82) is 0 Å². The first kappa shape index (κ1) is 6.84. The summed E-state index contributed by atoms with van der Waals surface area (Å²) in [6, 6.07) is 6.76. The van der Waals surface area contributed by atoms with E-state index in [2.05, 4.69) is 6.42 Å². The minimum absolute atomic E-state index is 0.139. The van der Waals surface area contributed by atoms with Gasteiger partial charge in [-0.15, -0.1) is 0 Å². The van der Waals surface area contributed by atoms with Crippen molar-refractivity contribution in [2.75, 3.05) is 0 Å². The van der Waals surface area contributed by atoms with Gasteiger partial charge < -0.3 is 0 Å². The second-order valence-corrected chi connectivity index (χ2v) is 3.06. The standard InChI is InChI=1S/C10H10F/c11-10-3-1-2-9(7-10)6-8-4-5-8/h1-3,6-8H,4-5H2. The highest BCUT2D eigenvalue weighted by atomic mass is 19.1. The molecule has 1 saturated carbocycles. The number of benzene rings is 1. The number of hydrogen-bond acceptors (Lipinski definition) is 0. The summed E-state index contributed by atoms with van der Waals surface area (Å²) in [5, 5.41) is 0. The van der Waals surface area contributed by atoms with Gasteiger partial charge in [0.25, 0.3) is 0 Å². The lowest BCUT2D eigenvalue weighted by Crippen LogP contribution is -1.83. The van der Waals surface area contributed by atoms with E-state index >= 15 is 0 Å².